The Morgan fingerprint density at radius 3 is 2.77 bits per heavy atom. The maximum absolute atomic E-state index is 12.4. The number of carbonyl (C=O) groups is 1. The fourth-order valence-corrected chi connectivity index (χ4v) is 2.57. The Balaban J connectivity index is 1.81. The number of halogens is 1. The summed E-state index contributed by atoms with van der Waals surface area (Å²) < 4.78 is 2.70. The molecule has 1 amide bonds. The van der Waals surface area contributed by atoms with Gasteiger partial charge in [0.25, 0.3) is 5.91 Å². The standard InChI is InChI=1S/C17H14BrN3O/c18-15-7-3-6-13(11-15)17(22)20-16-8-2-1-5-14(16)12-21-10-4-9-19-21/h1-11H,12H2,(H,20,22). The lowest BCUT2D eigenvalue weighted by Crippen LogP contribution is -2.14. The number of carbonyl (C=O) groups excluding carboxylic acids is 1. The Morgan fingerprint density at radius 1 is 1.14 bits per heavy atom. The van der Waals surface area contributed by atoms with E-state index in [-0.39, 0.29) is 5.91 Å². The highest BCUT2D eigenvalue weighted by Gasteiger charge is 2.09. The van der Waals surface area contributed by atoms with E-state index in [0.717, 1.165) is 15.7 Å². The van der Waals surface area contributed by atoms with E-state index in [4.69, 9.17) is 0 Å². The van der Waals surface area contributed by atoms with Crippen LogP contribution in [0.5, 0.6) is 0 Å². The van der Waals surface area contributed by atoms with Crippen molar-refractivity contribution in [3.8, 4) is 0 Å². The normalized spacial score (nSPS) is 10.4. The van der Waals surface area contributed by atoms with Crippen LogP contribution in [0.4, 0.5) is 5.69 Å². The smallest absolute Gasteiger partial charge is 0.255 e. The molecule has 1 aromatic heterocycles. The molecule has 0 unspecified atom stereocenters. The predicted molar refractivity (Wildman–Crippen MR) is 89.9 cm³/mol. The second-order valence-electron chi connectivity index (χ2n) is 4.83. The highest BCUT2D eigenvalue weighted by Crippen LogP contribution is 2.18. The minimum Gasteiger partial charge on any atom is -0.322 e. The zero-order chi connectivity index (χ0) is 15.4. The lowest BCUT2D eigenvalue weighted by molar-refractivity contribution is 0.102. The van der Waals surface area contributed by atoms with E-state index >= 15 is 0 Å². The molecule has 0 bridgehead atoms. The molecule has 0 atom stereocenters. The van der Waals surface area contributed by atoms with Crippen molar-refractivity contribution in [1.82, 2.24) is 9.78 Å². The lowest BCUT2D eigenvalue weighted by atomic mass is 10.1. The number of amides is 1. The molecule has 3 rings (SSSR count). The molecule has 0 aliphatic heterocycles. The summed E-state index contributed by atoms with van der Waals surface area (Å²) in [6.07, 6.45) is 3.63. The number of aromatic nitrogens is 2. The van der Waals surface area contributed by atoms with Crippen LogP contribution in [0, 0.1) is 0 Å². The summed E-state index contributed by atoms with van der Waals surface area (Å²) in [6.45, 7) is 0.613. The molecule has 1 N–H and O–H groups in total. The highest BCUT2D eigenvalue weighted by atomic mass is 79.9. The van der Waals surface area contributed by atoms with Gasteiger partial charge in [0, 0.05) is 28.1 Å². The molecule has 0 aliphatic carbocycles. The van der Waals surface area contributed by atoms with Gasteiger partial charge in [-0.05, 0) is 35.9 Å². The van der Waals surface area contributed by atoms with Crippen LogP contribution in [0.1, 0.15) is 15.9 Å². The summed E-state index contributed by atoms with van der Waals surface area (Å²) in [6, 6.07) is 16.9. The van der Waals surface area contributed by atoms with Gasteiger partial charge in [-0.3, -0.25) is 9.48 Å². The Kier molecular flexibility index (Phi) is 4.34. The molecule has 1 heterocycles. The minimum absolute atomic E-state index is 0.130. The highest BCUT2D eigenvalue weighted by molar-refractivity contribution is 9.10. The van der Waals surface area contributed by atoms with Crippen molar-refractivity contribution in [2.75, 3.05) is 5.32 Å². The van der Waals surface area contributed by atoms with Crippen molar-refractivity contribution in [2.45, 2.75) is 6.54 Å². The number of hydrogen-bond acceptors (Lipinski definition) is 2. The molecule has 0 fully saturated rings. The summed E-state index contributed by atoms with van der Waals surface area (Å²) in [5.41, 5.74) is 2.42. The summed E-state index contributed by atoms with van der Waals surface area (Å²) in [7, 11) is 0. The number of para-hydroxylation sites is 1. The van der Waals surface area contributed by atoms with Crippen LogP contribution in [0.2, 0.25) is 0 Å². The first-order valence-electron chi connectivity index (χ1n) is 6.84. The molecule has 0 aliphatic rings. The number of hydrogen-bond donors (Lipinski definition) is 1. The third-order valence-corrected chi connectivity index (χ3v) is 3.74. The molecule has 4 nitrogen and oxygen atoms in total. The molecule has 5 heteroatoms. The molecular weight excluding hydrogens is 342 g/mol. The van der Waals surface area contributed by atoms with Gasteiger partial charge in [-0.15, -0.1) is 0 Å². The summed E-state index contributed by atoms with van der Waals surface area (Å²) in [5.74, 6) is -0.130. The SMILES string of the molecule is O=C(Nc1ccccc1Cn1cccn1)c1cccc(Br)c1. The first kappa shape index (κ1) is 14.5. The van der Waals surface area contributed by atoms with E-state index < -0.39 is 0 Å². The minimum atomic E-state index is -0.130. The van der Waals surface area contributed by atoms with Gasteiger partial charge in [0.1, 0.15) is 0 Å². The van der Waals surface area contributed by atoms with Crippen LogP contribution in [-0.4, -0.2) is 15.7 Å². The second kappa shape index (κ2) is 6.58. The van der Waals surface area contributed by atoms with Crippen molar-refractivity contribution in [1.29, 1.82) is 0 Å². The van der Waals surface area contributed by atoms with Gasteiger partial charge in [-0.2, -0.15) is 5.10 Å². The van der Waals surface area contributed by atoms with Gasteiger partial charge in [-0.25, -0.2) is 0 Å². The van der Waals surface area contributed by atoms with Crippen LogP contribution >= 0.6 is 15.9 Å². The average molecular weight is 356 g/mol. The molecule has 0 radical (unpaired) electrons. The van der Waals surface area contributed by atoms with Gasteiger partial charge in [0.05, 0.1) is 6.54 Å². The van der Waals surface area contributed by atoms with E-state index in [9.17, 15) is 4.79 Å². The number of nitrogens with one attached hydrogen (secondary N) is 1. The van der Waals surface area contributed by atoms with Gasteiger partial charge in [0.15, 0.2) is 0 Å². The van der Waals surface area contributed by atoms with Crippen LogP contribution in [0.3, 0.4) is 0 Å². The predicted octanol–water partition coefficient (Wildman–Crippen LogP) is 3.95. The lowest BCUT2D eigenvalue weighted by Gasteiger charge is -2.11. The van der Waals surface area contributed by atoms with Gasteiger partial charge in [-0.1, -0.05) is 40.2 Å². The summed E-state index contributed by atoms with van der Waals surface area (Å²) in [5, 5.41) is 7.16. The van der Waals surface area contributed by atoms with Crippen LogP contribution < -0.4 is 5.32 Å². The first-order chi connectivity index (χ1) is 10.7. The second-order valence-corrected chi connectivity index (χ2v) is 5.74. The van der Waals surface area contributed by atoms with Crippen molar-refractivity contribution in [2.24, 2.45) is 0 Å². The first-order valence-corrected chi connectivity index (χ1v) is 7.64. The largest absolute Gasteiger partial charge is 0.322 e. The number of nitrogens with zero attached hydrogens (tertiary/aromatic N) is 2. The molecule has 3 aromatic rings. The Morgan fingerprint density at radius 2 is 2.00 bits per heavy atom. The monoisotopic (exact) mass is 355 g/mol. The molecule has 2 aromatic carbocycles. The summed E-state index contributed by atoms with van der Waals surface area (Å²) >= 11 is 3.38. The van der Waals surface area contributed by atoms with Gasteiger partial charge < -0.3 is 5.32 Å². The van der Waals surface area contributed by atoms with Gasteiger partial charge >= 0.3 is 0 Å². The Hall–Kier alpha value is -2.40. The molecule has 0 saturated carbocycles. The number of benzene rings is 2. The quantitative estimate of drug-likeness (QED) is 0.770. The third kappa shape index (κ3) is 3.43. The maximum atomic E-state index is 12.4. The maximum Gasteiger partial charge on any atom is 0.255 e. The zero-order valence-electron chi connectivity index (χ0n) is 11.7. The topological polar surface area (TPSA) is 46.9 Å². The van der Waals surface area contributed by atoms with Crippen molar-refractivity contribution < 1.29 is 4.79 Å². The fraction of sp³-hybridized carbons (Fsp3) is 0.0588. The van der Waals surface area contributed by atoms with E-state index in [2.05, 4.69) is 26.3 Å². The van der Waals surface area contributed by atoms with Crippen molar-refractivity contribution in [3.05, 3.63) is 82.6 Å². The molecule has 0 saturated heterocycles. The Labute approximate surface area is 136 Å². The molecule has 0 spiro atoms. The van der Waals surface area contributed by atoms with E-state index in [1.165, 1.54) is 0 Å². The number of rotatable bonds is 4. The summed E-state index contributed by atoms with van der Waals surface area (Å²) in [4.78, 5) is 12.4. The van der Waals surface area contributed by atoms with E-state index in [1.807, 2.05) is 53.3 Å². The Bertz CT molecular complexity index is 784. The fourth-order valence-electron chi connectivity index (χ4n) is 2.17. The van der Waals surface area contributed by atoms with Gasteiger partial charge in [0.2, 0.25) is 0 Å². The van der Waals surface area contributed by atoms with Crippen LogP contribution in [0.25, 0.3) is 0 Å². The van der Waals surface area contributed by atoms with E-state index in [1.54, 1.807) is 18.3 Å². The van der Waals surface area contributed by atoms with Crippen LogP contribution in [-0.2, 0) is 6.54 Å². The molecular formula is C17H14BrN3O. The third-order valence-electron chi connectivity index (χ3n) is 3.24. The average Bonchev–Trinajstić information content (AvgIpc) is 3.02. The van der Waals surface area contributed by atoms with Crippen LogP contribution in [0.15, 0.2) is 71.5 Å². The van der Waals surface area contributed by atoms with E-state index in [0.29, 0.717) is 12.1 Å². The van der Waals surface area contributed by atoms with Crippen molar-refractivity contribution >= 4 is 27.5 Å². The molecule has 110 valence electrons. The number of anilines is 1. The van der Waals surface area contributed by atoms with Crippen molar-refractivity contribution in [3.63, 3.8) is 0 Å². The zero-order valence-corrected chi connectivity index (χ0v) is 13.3. The molecule has 22 heavy (non-hydrogen) atoms.